The molecule has 0 radical (unpaired) electrons. The Hall–Kier alpha value is -4.11. The van der Waals surface area contributed by atoms with Crippen LogP contribution in [0.25, 0.3) is 11.4 Å². The fourth-order valence-corrected chi connectivity index (χ4v) is 5.14. The standard InChI is InChI=1S/C27H25N5O3S/c1-3-17-9-15-21(16-10-17)28-25(33)23-22(18-11-13-20(14-12-18)26(34)35-2)31-32-24(29-30-27(32)36-23)19-7-5-4-6-8-19/h4-16,22-23,31H,3H2,1-2H3,(H,28,33)/t22-,23-/m0/s1. The first-order valence-electron chi connectivity index (χ1n) is 11.6. The maximum absolute atomic E-state index is 13.5. The van der Waals surface area contributed by atoms with E-state index >= 15 is 0 Å². The SMILES string of the molecule is CCc1ccc(NC(=O)[C@H]2Sc3nnc(-c4ccccc4)n3N[C@H]2c2ccc(C(=O)OC)cc2)cc1. The summed E-state index contributed by atoms with van der Waals surface area (Å²) in [5.41, 5.74) is 7.57. The van der Waals surface area contributed by atoms with Gasteiger partial charge in [0.2, 0.25) is 11.1 Å². The lowest BCUT2D eigenvalue weighted by Crippen LogP contribution is -2.41. The number of rotatable bonds is 6. The zero-order valence-corrected chi connectivity index (χ0v) is 20.7. The highest BCUT2D eigenvalue weighted by atomic mass is 32.2. The third kappa shape index (κ3) is 4.70. The number of ether oxygens (including phenoxy) is 1. The molecule has 0 aliphatic carbocycles. The summed E-state index contributed by atoms with van der Waals surface area (Å²) in [6, 6.07) is 24.2. The van der Waals surface area contributed by atoms with Crippen LogP contribution in [0.4, 0.5) is 5.69 Å². The summed E-state index contributed by atoms with van der Waals surface area (Å²) in [6.45, 7) is 2.09. The number of carbonyl (C=O) groups is 2. The molecule has 5 rings (SSSR count). The maximum atomic E-state index is 13.5. The highest BCUT2D eigenvalue weighted by Crippen LogP contribution is 2.39. The van der Waals surface area contributed by atoms with Gasteiger partial charge in [-0.2, -0.15) is 0 Å². The van der Waals surface area contributed by atoms with E-state index in [2.05, 4.69) is 27.9 Å². The maximum Gasteiger partial charge on any atom is 0.337 e. The second-order valence-electron chi connectivity index (χ2n) is 8.31. The normalized spacial score (nSPS) is 16.5. The monoisotopic (exact) mass is 499 g/mol. The summed E-state index contributed by atoms with van der Waals surface area (Å²) in [5.74, 6) is 0.0856. The summed E-state index contributed by atoms with van der Waals surface area (Å²) in [6.07, 6.45) is 0.930. The van der Waals surface area contributed by atoms with Gasteiger partial charge < -0.3 is 15.5 Å². The number of thioether (sulfide) groups is 1. The molecule has 2 N–H and O–H groups in total. The Bertz CT molecular complexity index is 1370. The Morgan fingerprint density at radius 3 is 2.39 bits per heavy atom. The Morgan fingerprint density at radius 1 is 1.00 bits per heavy atom. The number of esters is 1. The molecule has 36 heavy (non-hydrogen) atoms. The van der Waals surface area contributed by atoms with Gasteiger partial charge in [-0.15, -0.1) is 10.2 Å². The number of hydrogen-bond donors (Lipinski definition) is 2. The van der Waals surface area contributed by atoms with Gasteiger partial charge >= 0.3 is 5.97 Å². The molecule has 2 heterocycles. The van der Waals surface area contributed by atoms with Crippen molar-refractivity contribution >= 4 is 29.3 Å². The minimum atomic E-state index is -0.542. The Kier molecular flexibility index (Phi) is 6.73. The zero-order valence-electron chi connectivity index (χ0n) is 19.8. The van der Waals surface area contributed by atoms with Crippen molar-refractivity contribution in [3.63, 3.8) is 0 Å². The molecular formula is C27H25N5O3S. The van der Waals surface area contributed by atoms with Crippen LogP contribution in [-0.2, 0) is 16.0 Å². The van der Waals surface area contributed by atoms with E-state index < -0.39 is 17.3 Å². The molecule has 0 bridgehead atoms. The topological polar surface area (TPSA) is 98.1 Å². The fraction of sp³-hybridized carbons (Fsp3) is 0.185. The Balaban J connectivity index is 1.49. The number of aryl methyl sites for hydroxylation is 1. The average molecular weight is 500 g/mol. The van der Waals surface area contributed by atoms with Crippen LogP contribution < -0.4 is 10.7 Å². The molecule has 8 nitrogen and oxygen atoms in total. The first-order valence-corrected chi connectivity index (χ1v) is 12.5. The summed E-state index contributed by atoms with van der Waals surface area (Å²) >= 11 is 1.35. The van der Waals surface area contributed by atoms with Crippen LogP contribution in [0.1, 0.15) is 34.5 Å². The van der Waals surface area contributed by atoms with Crippen LogP contribution in [0.5, 0.6) is 0 Å². The van der Waals surface area contributed by atoms with Crippen molar-refractivity contribution in [2.45, 2.75) is 29.8 Å². The molecule has 3 aromatic carbocycles. The molecule has 1 aliphatic heterocycles. The summed E-state index contributed by atoms with van der Waals surface area (Å²) in [7, 11) is 1.35. The molecule has 0 saturated heterocycles. The van der Waals surface area contributed by atoms with E-state index in [-0.39, 0.29) is 5.91 Å². The molecule has 0 spiro atoms. The highest BCUT2D eigenvalue weighted by Gasteiger charge is 2.38. The van der Waals surface area contributed by atoms with Crippen LogP contribution in [0, 0.1) is 0 Å². The first-order chi connectivity index (χ1) is 17.6. The quantitative estimate of drug-likeness (QED) is 0.371. The molecule has 182 valence electrons. The number of amides is 1. The molecule has 1 aromatic heterocycles. The van der Waals surface area contributed by atoms with E-state index in [0.29, 0.717) is 16.5 Å². The summed E-state index contributed by atoms with van der Waals surface area (Å²) < 4.78 is 6.64. The van der Waals surface area contributed by atoms with Gasteiger partial charge in [-0.05, 0) is 41.8 Å². The van der Waals surface area contributed by atoms with Crippen molar-refractivity contribution in [3.8, 4) is 11.4 Å². The lowest BCUT2D eigenvalue weighted by atomic mass is 10.0. The lowest BCUT2D eigenvalue weighted by molar-refractivity contribution is -0.116. The molecule has 1 aliphatic rings. The van der Waals surface area contributed by atoms with Crippen molar-refractivity contribution in [1.82, 2.24) is 14.9 Å². The van der Waals surface area contributed by atoms with Crippen LogP contribution in [-0.4, -0.2) is 39.1 Å². The largest absolute Gasteiger partial charge is 0.465 e. The summed E-state index contributed by atoms with van der Waals surface area (Å²) in [4.78, 5) is 25.4. The number of anilines is 1. The lowest BCUT2D eigenvalue weighted by Gasteiger charge is -2.33. The van der Waals surface area contributed by atoms with E-state index in [0.717, 1.165) is 23.2 Å². The van der Waals surface area contributed by atoms with E-state index in [4.69, 9.17) is 4.74 Å². The zero-order chi connectivity index (χ0) is 25.1. The third-order valence-corrected chi connectivity index (χ3v) is 7.26. The molecular weight excluding hydrogens is 474 g/mol. The Labute approximate surface area is 213 Å². The van der Waals surface area contributed by atoms with Gasteiger partial charge in [0.25, 0.3) is 0 Å². The van der Waals surface area contributed by atoms with Crippen molar-refractivity contribution in [3.05, 3.63) is 95.6 Å². The third-order valence-electron chi connectivity index (χ3n) is 6.05. The summed E-state index contributed by atoms with van der Waals surface area (Å²) in [5, 5.41) is 11.8. The van der Waals surface area contributed by atoms with Crippen molar-refractivity contribution in [2.75, 3.05) is 17.9 Å². The molecule has 1 amide bonds. The number of carbonyl (C=O) groups excluding carboxylic acids is 2. The smallest absolute Gasteiger partial charge is 0.337 e. The average Bonchev–Trinajstić information content (AvgIpc) is 3.36. The molecule has 9 heteroatoms. The van der Waals surface area contributed by atoms with E-state index in [1.54, 1.807) is 12.1 Å². The van der Waals surface area contributed by atoms with Crippen molar-refractivity contribution in [1.29, 1.82) is 0 Å². The predicted octanol–water partition coefficient (Wildman–Crippen LogP) is 4.69. The first kappa shape index (κ1) is 23.6. The van der Waals surface area contributed by atoms with Crippen LogP contribution in [0.3, 0.4) is 0 Å². The molecule has 0 fully saturated rings. The number of fused-ring (bicyclic) bond motifs is 1. The molecule has 0 unspecified atom stereocenters. The van der Waals surface area contributed by atoms with Gasteiger partial charge in [0, 0.05) is 11.3 Å². The van der Waals surface area contributed by atoms with Gasteiger partial charge in [-0.25, -0.2) is 9.47 Å². The van der Waals surface area contributed by atoms with Crippen molar-refractivity contribution < 1.29 is 14.3 Å². The number of nitrogens with zero attached hydrogens (tertiary/aromatic N) is 3. The molecule has 4 aromatic rings. The second kappa shape index (κ2) is 10.2. The second-order valence-corrected chi connectivity index (χ2v) is 9.41. The van der Waals surface area contributed by atoms with Gasteiger partial charge in [-0.1, -0.05) is 73.3 Å². The number of hydrogen-bond acceptors (Lipinski definition) is 7. The fourth-order valence-electron chi connectivity index (χ4n) is 4.06. The number of benzene rings is 3. The van der Waals surface area contributed by atoms with Gasteiger partial charge in [0.05, 0.1) is 18.7 Å². The highest BCUT2D eigenvalue weighted by molar-refractivity contribution is 8.00. The molecule has 0 saturated carbocycles. The van der Waals surface area contributed by atoms with Crippen LogP contribution >= 0.6 is 11.8 Å². The minimum Gasteiger partial charge on any atom is -0.465 e. The van der Waals surface area contributed by atoms with Crippen molar-refractivity contribution in [2.24, 2.45) is 0 Å². The Morgan fingerprint density at radius 2 is 1.72 bits per heavy atom. The number of aromatic nitrogens is 3. The van der Waals surface area contributed by atoms with Gasteiger partial charge in [0.1, 0.15) is 5.25 Å². The van der Waals surface area contributed by atoms with Crippen LogP contribution in [0.15, 0.2) is 84.0 Å². The molecule has 2 atom stereocenters. The van der Waals surface area contributed by atoms with Gasteiger partial charge in [-0.3, -0.25) is 4.79 Å². The van der Waals surface area contributed by atoms with E-state index in [1.165, 1.54) is 24.4 Å². The van der Waals surface area contributed by atoms with E-state index in [1.807, 2.05) is 71.4 Å². The predicted molar refractivity (Wildman–Crippen MR) is 139 cm³/mol. The van der Waals surface area contributed by atoms with Gasteiger partial charge in [0.15, 0.2) is 5.82 Å². The minimum absolute atomic E-state index is 0.158. The number of methoxy groups -OCH3 is 1. The van der Waals surface area contributed by atoms with Crippen LogP contribution in [0.2, 0.25) is 0 Å². The van der Waals surface area contributed by atoms with E-state index in [9.17, 15) is 9.59 Å². The number of nitrogens with one attached hydrogen (secondary N) is 2.